The van der Waals surface area contributed by atoms with Crippen LogP contribution in [0, 0.1) is 6.92 Å². The average Bonchev–Trinajstić information content (AvgIpc) is 2.33. The molecule has 94 valence electrons. The van der Waals surface area contributed by atoms with E-state index in [2.05, 4.69) is 16.4 Å². The number of anilines is 1. The van der Waals surface area contributed by atoms with Crippen molar-refractivity contribution in [1.82, 2.24) is 4.98 Å². The largest absolute Gasteiger partial charge is 0.388 e. The molecule has 1 saturated carbocycles. The zero-order valence-electron chi connectivity index (χ0n) is 10.6. The molecule has 3 rings (SSSR count). The van der Waals surface area contributed by atoms with Crippen LogP contribution in [0.5, 0.6) is 0 Å². The van der Waals surface area contributed by atoms with Gasteiger partial charge in [-0.3, -0.25) is 4.98 Å². The predicted molar refractivity (Wildman–Crippen MR) is 73.8 cm³/mol. The van der Waals surface area contributed by atoms with Gasteiger partial charge >= 0.3 is 0 Å². The molecule has 1 aliphatic carbocycles. The number of rotatable bonds is 3. The van der Waals surface area contributed by atoms with Gasteiger partial charge in [0.25, 0.3) is 0 Å². The molecule has 18 heavy (non-hydrogen) atoms. The van der Waals surface area contributed by atoms with Gasteiger partial charge in [0.15, 0.2) is 0 Å². The highest BCUT2D eigenvalue weighted by Gasteiger charge is 2.34. The van der Waals surface area contributed by atoms with Crippen molar-refractivity contribution in [3.63, 3.8) is 0 Å². The Morgan fingerprint density at radius 2 is 2.11 bits per heavy atom. The zero-order chi connectivity index (χ0) is 12.6. The van der Waals surface area contributed by atoms with Crippen molar-refractivity contribution < 1.29 is 5.11 Å². The molecule has 0 amide bonds. The first-order valence-electron chi connectivity index (χ1n) is 6.49. The van der Waals surface area contributed by atoms with E-state index in [4.69, 9.17) is 0 Å². The molecule has 0 saturated heterocycles. The number of para-hydroxylation sites is 1. The molecular weight excluding hydrogens is 224 g/mol. The predicted octanol–water partition coefficient (Wildman–Crippen LogP) is 2.87. The third kappa shape index (κ3) is 2.06. The minimum atomic E-state index is -0.502. The fourth-order valence-corrected chi connectivity index (χ4v) is 2.48. The smallest absolute Gasteiger partial charge is 0.0819 e. The maximum absolute atomic E-state index is 10.1. The van der Waals surface area contributed by atoms with E-state index >= 15 is 0 Å². The van der Waals surface area contributed by atoms with Gasteiger partial charge in [0.05, 0.1) is 11.1 Å². The molecule has 1 fully saturated rings. The third-order valence-corrected chi connectivity index (χ3v) is 3.74. The van der Waals surface area contributed by atoms with Crippen LogP contribution in [0.3, 0.4) is 0 Å². The second kappa shape index (κ2) is 4.25. The Bertz CT molecular complexity index is 576. The maximum atomic E-state index is 10.1. The second-order valence-electron chi connectivity index (χ2n) is 5.26. The Morgan fingerprint density at radius 3 is 2.83 bits per heavy atom. The molecule has 0 atom stereocenters. The van der Waals surface area contributed by atoms with Crippen LogP contribution in [-0.2, 0) is 0 Å². The molecular formula is C15H18N2O. The van der Waals surface area contributed by atoms with Crippen molar-refractivity contribution >= 4 is 16.6 Å². The van der Waals surface area contributed by atoms with Crippen molar-refractivity contribution in [2.75, 3.05) is 11.9 Å². The number of aromatic nitrogens is 1. The number of fused-ring (bicyclic) bond motifs is 1. The van der Waals surface area contributed by atoms with Gasteiger partial charge < -0.3 is 10.4 Å². The molecule has 3 heteroatoms. The summed E-state index contributed by atoms with van der Waals surface area (Å²) in [4.78, 5) is 4.51. The van der Waals surface area contributed by atoms with Crippen LogP contribution < -0.4 is 5.32 Å². The molecule has 0 spiro atoms. The van der Waals surface area contributed by atoms with Crippen molar-refractivity contribution in [2.24, 2.45) is 0 Å². The zero-order valence-corrected chi connectivity index (χ0v) is 10.6. The summed E-state index contributed by atoms with van der Waals surface area (Å²) in [6, 6.07) is 10.1. The summed E-state index contributed by atoms with van der Waals surface area (Å²) in [7, 11) is 0. The van der Waals surface area contributed by atoms with Gasteiger partial charge in [-0.25, -0.2) is 0 Å². The van der Waals surface area contributed by atoms with Gasteiger partial charge in [-0.2, -0.15) is 0 Å². The fraction of sp³-hybridized carbons (Fsp3) is 0.400. The maximum Gasteiger partial charge on any atom is 0.0819 e. The number of aryl methyl sites for hydroxylation is 1. The van der Waals surface area contributed by atoms with E-state index in [0.29, 0.717) is 6.54 Å². The summed E-state index contributed by atoms with van der Waals surface area (Å²) in [6.07, 6.45) is 2.94. The molecule has 1 aromatic heterocycles. The standard InChI is InChI=1S/C15H18N2O/c1-11-9-14(16-10-15(18)7-4-8-15)12-5-2-3-6-13(12)17-11/h2-3,5-6,9,18H,4,7-8,10H2,1H3,(H,16,17). The lowest BCUT2D eigenvalue weighted by molar-refractivity contribution is -0.0201. The van der Waals surface area contributed by atoms with Crippen molar-refractivity contribution in [1.29, 1.82) is 0 Å². The summed E-state index contributed by atoms with van der Waals surface area (Å²) in [5.74, 6) is 0. The highest BCUT2D eigenvalue weighted by molar-refractivity contribution is 5.91. The Kier molecular flexibility index (Phi) is 2.71. The number of hydrogen-bond donors (Lipinski definition) is 2. The van der Waals surface area contributed by atoms with E-state index in [1.165, 1.54) is 0 Å². The quantitative estimate of drug-likeness (QED) is 0.870. The van der Waals surface area contributed by atoms with Gasteiger partial charge in [0.2, 0.25) is 0 Å². The lowest BCUT2D eigenvalue weighted by Crippen LogP contribution is -2.43. The van der Waals surface area contributed by atoms with Crippen LogP contribution >= 0.6 is 0 Å². The average molecular weight is 242 g/mol. The normalized spacial score (nSPS) is 17.4. The molecule has 1 aliphatic rings. The third-order valence-electron chi connectivity index (χ3n) is 3.74. The summed E-state index contributed by atoms with van der Waals surface area (Å²) < 4.78 is 0. The first-order chi connectivity index (χ1) is 8.66. The molecule has 2 aromatic rings. The van der Waals surface area contributed by atoms with E-state index in [1.54, 1.807) is 0 Å². The highest BCUT2D eigenvalue weighted by Crippen LogP contribution is 2.32. The van der Waals surface area contributed by atoms with Crippen LogP contribution in [0.1, 0.15) is 25.0 Å². The van der Waals surface area contributed by atoms with E-state index in [1.807, 2.05) is 31.2 Å². The highest BCUT2D eigenvalue weighted by atomic mass is 16.3. The molecule has 3 nitrogen and oxygen atoms in total. The Morgan fingerprint density at radius 1 is 1.33 bits per heavy atom. The van der Waals surface area contributed by atoms with E-state index in [0.717, 1.165) is 41.5 Å². The Labute approximate surface area is 107 Å². The van der Waals surface area contributed by atoms with Crippen molar-refractivity contribution in [2.45, 2.75) is 31.8 Å². The fourth-order valence-electron chi connectivity index (χ4n) is 2.48. The van der Waals surface area contributed by atoms with Crippen LogP contribution in [0.2, 0.25) is 0 Å². The monoisotopic (exact) mass is 242 g/mol. The van der Waals surface area contributed by atoms with Crippen LogP contribution in [0.15, 0.2) is 30.3 Å². The summed E-state index contributed by atoms with van der Waals surface area (Å²) >= 11 is 0. The SMILES string of the molecule is Cc1cc(NCC2(O)CCC2)c2ccccc2n1. The van der Waals surface area contributed by atoms with Crippen molar-refractivity contribution in [3.05, 3.63) is 36.0 Å². The number of hydrogen-bond acceptors (Lipinski definition) is 3. The second-order valence-corrected chi connectivity index (χ2v) is 5.26. The minimum Gasteiger partial charge on any atom is -0.388 e. The summed E-state index contributed by atoms with van der Waals surface area (Å²) in [6.45, 7) is 2.62. The van der Waals surface area contributed by atoms with Crippen LogP contribution in [0.4, 0.5) is 5.69 Å². The Balaban J connectivity index is 1.90. The number of nitrogens with one attached hydrogen (secondary N) is 1. The van der Waals surface area contributed by atoms with E-state index < -0.39 is 5.60 Å². The molecule has 1 aromatic carbocycles. The minimum absolute atomic E-state index is 0.502. The van der Waals surface area contributed by atoms with Crippen LogP contribution in [-0.4, -0.2) is 22.2 Å². The molecule has 2 N–H and O–H groups in total. The van der Waals surface area contributed by atoms with Crippen molar-refractivity contribution in [3.8, 4) is 0 Å². The van der Waals surface area contributed by atoms with E-state index in [9.17, 15) is 5.11 Å². The number of aliphatic hydroxyl groups is 1. The van der Waals surface area contributed by atoms with Gasteiger partial charge in [-0.05, 0) is 38.3 Å². The molecule has 1 heterocycles. The topological polar surface area (TPSA) is 45.1 Å². The van der Waals surface area contributed by atoms with Gasteiger partial charge in [0.1, 0.15) is 0 Å². The Hall–Kier alpha value is -1.61. The van der Waals surface area contributed by atoms with E-state index in [-0.39, 0.29) is 0 Å². The number of pyridine rings is 1. The first-order valence-corrected chi connectivity index (χ1v) is 6.49. The molecule has 0 unspecified atom stereocenters. The lowest BCUT2D eigenvalue weighted by atomic mass is 9.80. The lowest BCUT2D eigenvalue weighted by Gasteiger charge is -2.37. The van der Waals surface area contributed by atoms with Gasteiger partial charge in [-0.15, -0.1) is 0 Å². The molecule has 0 bridgehead atoms. The first kappa shape index (κ1) is 11.5. The summed E-state index contributed by atoms with van der Waals surface area (Å²) in [5, 5.41) is 14.6. The van der Waals surface area contributed by atoms with Gasteiger partial charge in [-0.1, -0.05) is 18.2 Å². The van der Waals surface area contributed by atoms with Gasteiger partial charge in [0, 0.05) is 23.3 Å². The summed E-state index contributed by atoms with van der Waals surface area (Å²) in [5.41, 5.74) is 2.56. The van der Waals surface area contributed by atoms with Crippen LogP contribution in [0.25, 0.3) is 10.9 Å². The number of benzene rings is 1. The number of nitrogens with zero attached hydrogens (tertiary/aromatic N) is 1. The molecule has 0 radical (unpaired) electrons. The molecule has 0 aliphatic heterocycles.